The summed E-state index contributed by atoms with van der Waals surface area (Å²) in [6.45, 7) is 8.56. The molecule has 8 nitrogen and oxygen atoms in total. The van der Waals surface area contributed by atoms with Gasteiger partial charge in [0.05, 0.1) is 5.41 Å². The van der Waals surface area contributed by atoms with Crippen LogP contribution in [0.1, 0.15) is 58.3 Å². The van der Waals surface area contributed by atoms with E-state index in [0.29, 0.717) is 30.1 Å². The molecule has 0 unspecified atom stereocenters. The molecule has 0 aliphatic rings. The Bertz CT molecular complexity index is 1170. The second-order valence-electron chi connectivity index (χ2n) is 8.18. The number of nitrogens with zero attached hydrogens (tertiary/aromatic N) is 3. The van der Waals surface area contributed by atoms with E-state index in [1.165, 1.54) is 4.57 Å². The minimum absolute atomic E-state index is 0.0782. The fourth-order valence-electron chi connectivity index (χ4n) is 3.60. The summed E-state index contributed by atoms with van der Waals surface area (Å²) < 4.78 is 8.87. The highest BCUT2D eigenvalue weighted by Gasteiger charge is 2.32. The Kier molecular flexibility index (Phi) is 6.77. The van der Waals surface area contributed by atoms with Gasteiger partial charge in [-0.25, -0.2) is 9.78 Å². The van der Waals surface area contributed by atoms with E-state index in [2.05, 4.69) is 9.97 Å². The lowest BCUT2D eigenvalue weighted by Crippen LogP contribution is -2.31. The number of ether oxygens (including phenoxy) is 1. The third kappa shape index (κ3) is 4.47. The average Bonchev–Trinajstić information content (AvgIpc) is 3.11. The van der Waals surface area contributed by atoms with Gasteiger partial charge < -0.3 is 9.30 Å². The van der Waals surface area contributed by atoms with Crippen LogP contribution in [-0.2, 0) is 34.6 Å². The molecule has 0 fully saturated rings. The maximum atomic E-state index is 12.9. The molecule has 166 valence electrons. The van der Waals surface area contributed by atoms with Gasteiger partial charge in [-0.1, -0.05) is 50.6 Å². The Hall–Kier alpha value is -3.16. The summed E-state index contributed by atoms with van der Waals surface area (Å²) in [5.41, 5.74) is -0.248. The number of unbranched alkanes of at least 4 members (excludes halogenated alkanes) is 1. The molecule has 0 spiro atoms. The van der Waals surface area contributed by atoms with Gasteiger partial charge in [0.25, 0.3) is 5.56 Å². The van der Waals surface area contributed by atoms with Crippen molar-refractivity contribution < 1.29 is 9.53 Å². The van der Waals surface area contributed by atoms with Crippen LogP contribution in [0.25, 0.3) is 11.2 Å². The number of rotatable bonds is 9. The highest BCUT2D eigenvalue weighted by atomic mass is 16.5. The van der Waals surface area contributed by atoms with E-state index in [0.717, 1.165) is 24.8 Å². The zero-order valence-corrected chi connectivity index (χ0v) is 18.6. The molecular weight excluding hydrogens is 396 g/mol. The van der Waals surface area contributed by atoms with Crippen LogP contribution in [0.15, 0.2) is 39.9 Å². The Labute approximate surface area is 180 Å². The molecule has 0 bridgehead atoms. The molecule has 3 aromatic rings. The lowest BCUT2D eigenvalue weighted by molar-refractivity contribution is -0.151. The molecule has 1 N–H and O–H groups in total. The van der Waals surface area contributed by atoms with Gasteiger partial charge in [0.15, 0.2) is 11.2 Å². The molecule has 0 saturated carbocycles. The first-order valence-electron chi connectivity index (χ1n) is 10.8. The van der Waals surface area contributed by atoms with Gasteiger partial charge in [0, 0.05) is 13.1 Å². The number of aromatic nitrogens is 4. The van der Waals surface area contributed by atoms with Crippen LogP contribution >= 0.6 is 0 Å². The number of carbonyl (C=O) groups excluding carboxylic acids is 1. The van der Waals surface area contributed by atoms with E-state index < -0.39 is 16.7 Å². The molecule has 31 heavy (non-hydrogen) atoms. The monoisotopic (exact) mass is 426 g/mol. The molecule has 0 saturated heterocycles. The quantitative estimate of drug-likeness (QED) is 0.530. The zero-order chi connectivity index (χ0) is 22.6. The topological polar surface area (TPSA) is 99.0 Å². The van der Waals surface area contributed by atoms with E-state index in [4.69, 9.17) is 4.74 Å². The molecule has 0 aliphatic heterocycles. The van der Waals surface area contributed by atoms with Gasteiger partial charge >= 0.3 is 11.7 Å². The first-order valence-corrected chi connectivity index (χ1v) is 10.8. The van der Waals surface area contributed by atoms with Gasteiger partial charge in [0.1, 0.15) is 12.4 Å². The molecule has 3 rings (SSSR count). The maximum Gasteiger partial charge on any atom is 0.330 e. The van der Waals surface area contributed by atoms with Crippen molar-refractivity contribution in [2.75, 3.05) is 0 Å². The highest BCUT2D eigenvalue weighted by Crippen LogP contribution is 2.25. The summed E-state index contributed by atoms with van der Waals surface area (Å²) in [6.07, 6.45) is 2.45. The number of fused-ring (bicyclic) bond motifs is 1. The largest absolute Gasteiger partial charge is 0.457 e. The third-order valence-corrected chi connectivity index (χ3v) is 5.49. The third-order valence-electron chi connectivity index (χ3n) is 5.49. The van der Waals surface area contributed by atoms with Crippen molar-refractivity contribution in [1.82, 2.24) is 19.1 Å². The fourth-order valence-corrected chi connectivity index (χ4v) is 3.60. The number of nitrogens with one attached hydrogen (secondary N) is 1. The number of aryl methyl sites for hydroxylation is 2. The van der Waals surface area contributed by atoms with Crippen LogP contribution in [-0.4, -0.2) is 25.1 Å². The first-order chi connectivity index (χ1) is 14.8. The summed E-state index contributed by atoms with van der Waals surface area (Å²) in [4.78, 5) is 44.8. The summed E-state index contributed by atoms with van der Waals surface area (Å²) in [6, 6.07) is 9.44. The molecule has 0 atom stereocenters. The Morgan fingerprint density at radius 2 is 1.77 bits per heavy atom. The number of esters is 1. The van der Waals surface area contributed by atoms with Crippen LogP contribution in [0, 0.1) is 0 Å². The van der Waals surface area contributed by atoms with Crippen LogP contribution < -0.4 is 11.2 Å². The molecule has 0 aliphatic carbocycles. The van der Waals surface area contributed by atoms with Crippen molar-refractivity contribution in [2.45, 2.75) is 72.1 Å². The van der Waals surface area contributed by atoms with Crippen molar-refractivity contribution in [3.63, 3.8) is 0 Å². The number of carbonyl (C=O) groups is 1. The molecule has 8 heteroatoms. The molecule has 0 amide bonds. The Morgan fingerprint density at radius 3 is 2.42 bits per heavy atom. The summed E-state index contributed by atoms with van der Waals surface area (Å²) in [5, 5.41) is 0. The minimum Gasteiger partial charge on any atom is -0.457 e. The second-order valence-corrected chi connectivity index (χ2v) is 8.18. The minimum atomic E-state index is -0.830. The first kappa shape index (κ1) is 22.5. The van der Waals surface area contributed by atoms with E-state index in [1.54, 1.807) is 4.57 Å². The number of hydrogen-bond acceptors (Lipinski definition) is 5. The van der Waals surface area contributed by atoms with E-state index in [1.807, 2.05) is 58.0 Å². The lowest BCUT2D eigenvalue weighted by Gasteiger charge is -2.23. The number of benzene rings is 1. The van der Waals surface area contributed by atoms with Gasteiger partial charge in [-0.15, -0.1) is 0 Å². The Balaban J connectivity index is 1.97. The van der Waals surface area contributed by atoms with E-state index in [-0.39, 0.29) is 12.6 Å². The van der Waals surface area contributed by atoms with Crippen molar-refractivity contribution >= 4 is 17.1 Å². The number of imidazole rings is 1. The highest BCUT2D eigenvalue weighted by molar-refractivity contribution is 5.82. The number of aromatic amines is 1. The molecule has 2 heterocycles. The fraction of sp³-hybridized carbons (Fsp3) is 0.478. The Morgan fingerprint density at radius 1 is 1.06 bits per heavy atom. The summed E-state index contributed by atoms with van der Waals surface area (Å²) in [7, 11) is 0. The van der Waals surface area contributed by atoms with Crippen molar-refractivity contribution in [1.29, 1.82) is 0 Å². The molecule has 1 aromatic carbocycles. The van der Waals surface area contributed by atoms with Gasteiger partial charge in [-0.3, -0.25) is 19.1 Å². The number of hydrogen-bond donors (Lipinski definition) is 1. The summed E-state index contributed by atoms with van der Waals surface area (Å²) in [5.74, 6) is 0.0708. The van der Waals surface area contributed by atoms with Gasteiger partial charge in [-0.05, 0) is 32.3 Å². The predicted molar refractivity (Wildman–Crippen MR) is 119 cm³/mol. The van der Waals surface area contributed by atoms with Crippen LogP contribution in [0.5, 0.6) is 0 Å². The van der Waals surface area contributed by atoms with Crippen molar-refractivity contribution in [3.05, 3.63) is 62.6 Å². The SMILES string of the molecule is CCCCn1c(=O)[nH]c(=O)c2c1nc(COC(=O)C(C)(C)c1ccccc1)n2CCC. The smallest absolute Gasteiger partial charge is 0.330 e. The normalized spacial score (nSPS) is 11.7. The van der Waals surface area contributed by atoms with E-state index in [9.17, 15) is 14.4 Å². The standard InChI is InChI=1S/C23H30N4O4/c1-5-7-14-27-19-18(20(28)25-22(27)30)26(13-6-2)17(24-19)15-31-21(29)23(3,4)16-11-9-8-10-12-16/h8-12H,5-7,13-15H2,1-4H3,(H,25,28,30). The molecular formula is C23H30N4O4. The maximum absolute atomic E-state index is 12.9. The van der Waals surface area contributed by atoms with Crippen LogP contribution in [0.2, 0.25) is 0 Å². The molecule has 0 radical (unpaired) electrons. The van der Waals surface area contributed by atoms with Crippen molar-refractivity contribution in [2.24, 2.45) is 0 Å². The van der Waals surface area contributed by atoms with Crippen molar-refractivity contribution in [3.8, 4) is 0 Å². The van der Waals surface area contributed by atoms with Gasteiger partial charge in [-0.2, -0.15) is 0 Å². The zero-order valence-electron chi connectivity index (χ0n) is 18.6. The second kappa shape index (κ2) is 9.32. The molecule has 2 aromatic heterocycles. The van der Waals surface area contributed by atoms with Crippen LogP contribution in [0.3, 0.4) is 0 Å². The average molecular weight is 427 g/mol. The van der Waals surface area contributed by atoms with Gasteiger partial charge in [0.2, 0.25) is 0 Å². The van der Waals surface area contributed by atoms with Crippen LogP contribution in [0.4, 0.5) is 0 Å². The van der Waals surface area contributed by atoms with E-state index >= 15 is 0 Å². The summed E-state index contributed by atoms with van der Waals surface area (Å²) >= 11 is 0. The predicted octanol–water partition coefficient (Wildman–Crippen LogP) is 3.12. The lowest BCUT2D eigenvalue weighted by atomic mass is 9.85. The number of H-pyrrole nitrogens is 1.